The van der Waals surface area contributed by atoms with E-state index in [0.717, 1.165) is 12.1 Å². The Labute approximate surface area is 138 Å². The Hall–Kier alpha value is -1.32. The highest BCUT2D eigenvalue weighted by molar-refractivity contribution is 7.53. The lowest BCUT2D eigenvalue weighted by Gasteiger charge is -2.23. The van der Waals surface area contributed by atoms with Crippen LogP contribution in [0.2, 0.25) is 0 Å². The van der Waals surface area contributed by atoms with Gasteiger partial charge in [0, 0.05) is 11.1 Å². The van der Waals surface area contributed by atoms with Crippen molar-refractivity contribution in [2.24, 2.45) is 0 Å². The Bertz CT molecular complexity index is 894. The van der Waals surface area contributed by atoms with E-state index < -0.39 is 43.0 Å². The fraction of sp³-hybridized carbons (Fsp3) is 0.167. The Kier molecular flexibility index (Phi) is 5.60. The second-order valence-electron chi connectivity index (χ2n) is 4.92. The van der Waals surface area contributed by atoms with E-state index in [1.165, 1.54) is 12.1 Å². The Morgan fingerprint density at radius 2 is 1.28 bits per heavy atom. The summed E-state index contributed by atoms with van der Waals surface area (Å²) in [7, 11) is -12.1. The molecule has 0 aliphatic rings. The third-order valence-corrected chi connectivity index (χ3v) is 5.23. The van der Waals surface area contributed by atoms with Gasteiger partial charge in [-0.2, -0.15) is 17.6 Å². The zero-order chi connectivity index (χ0) is 18.6. The van der Waals surface area contributed by atoms with Crippen molar-refractivity contribution in [3.05, 3.63) is 47.5 Å². The maximum Gasteiger partial charge on any atom is 0.399 e. The Balaban J connectivity index is 0.00000312. The number of hydrogen-bond acceptors (Lipinski definition) is 3. The molecule has 0 amide bonds. The number of benzene rings is 2. The summed E-state index contributed by atoms with van der Waals surface area (Å²) in [4.78, 5) is 35.2. The Morgan fingerprint density at radius 3 is 1.76 bits per heavy atom. The van der Waals surface area contributed by atoms with Gasteiger partial charge in [0.05, 0.1) is 0 Å². The summed E-state index contributed by atoms with van der Waals surface area (Å²) in [6, 6.07) is 5.21. The van der Waals surface area contributed by atoms with Gasteiger partial charge in [0.25, 0.3) is 0 Å². The molecule has 0 aliphatic heterocycles. The molecule has 0 bridgehead atoms. The van der Waals surface area contributed by atoms with Crippen LogP contribution in [0.15, 0.2) is 36.4 Å². The standard InChI is InChI=1S/C12H10F4O6P2.H3N/c13-11(14,23(17,18)19)8-5-7-3-1-2-4-9(7)10(6-8)12(15,16)24(20,21)22;/h1-6H,(H2,17,18,19)(H2,20,21,22);1H3. The topological polar surface area (TPSA) is 150 Å². The molecule has 2 aromatic rings. The van der Waals surface area contributed by atoms with Crippen LogP contribution in [-0.2, 0) is 20.5 Å². The third kappa shape index (κ3) is 3.63. The van der Waals surface area contributed by atoms with Crippen LogP contribution in [-0.4, -0.2) is 19.6 Å². The van der Waals surface area contributed by atoms with Crippen molar-refractivity contribution in [3.63, 3.8) is 0 Å². The lowest BCUT2D eigenvalue weighted by molar-refractivity contribution is 0.0506. The van der Waals surface area contributed by atoms with E-state index in [9.17, 15) is 26.7 Å². The van der Waals surface area contributed by atoms with E-state index >= 15 is 0 Å². The van der Waals surface area contributed by atoms with Gasteiger partial charge in [0.1, 0.15) is 0 Å². The number of alkyl halides is 4. The second kappa shape index (κ2) is 6.44. The normalized spacial score (nSPS) is 13.6. The van der Waals surface area contributed by atoms with E-state index in [0.29, 0.717) is 6.07 Å². The van der Waals surface area contributed by atoms with Crippen LogP contribution in [0.3, 0.4) is 0 Å². The van der Waals surface area contributed by atoms with E-state index in [2.05, 4.69) is 0 Å². The van der Waals surface area contributed by atoms with Crippen LogP contribution in [0.25, 0.3) is 10.8 Å². The van der Waals surface area contributed by atoms with Crippen molar-refractivity contribution < 1.29 is 46.3 Å². The lowest BCUT2D eigenvalue weighted by Crippen LogP contribution is -2.18. The number of fused-ring (bicyclic) bond motifs is 1. The van der Waals surface area contributed by atoms with Gasteiger partial charge in [0.15, 0.2) is 0 Å². The summed E-state index contributed by atoms with van der Waals surface area (Å²) in [5.74, 6) is 0. The molecule has 0 unspecified atom stereocenters. The second-order valence-corrected chi connectivity index (χ2v) is 8.21. The largest absolute Gasteiger partial charge is 0.399 e. The van der Waals surface area contributed by atoms with Crippen molar-refractivity contribution in [1.29, 1.82) is 0 Å². The monoisotopic (exact) mass is 405 g/mol. The summed E-state index contributed by atoms with van der Waals surface area (Å²) in [6.07, 6.45) is 0. The van der Waals surface area contributed by atoms with E-state index in [-0.39, 0.29) is 17.6 Å². The fourth-order valence-electron chi connectivity index (χ4n) is 2.06. The average Bonchev–Trinajstić information content (AvgIpc) is 2.43. The predicted octanol–water partition coefficient (Wildman–Crippen LogP) is 3.46. The third-order valence-electron chi connectivity index (χ3n) is 3.26. The molecule has 0 fully saturated rings. The molecule has 0 spiro atoms. The quantitative estimate of drug-likeness (QED) is 0.386. The summed E-state index contributed by atoms with van der Waals surface area (Å²) < 4.78 is 77.8. The predicted molar refractivity (Wildman–Crippen MR) is 80.8 cm³/mol. The van der Waals surface area contributed by atoms with Gasteiger partial charge in [-0.05, 0) is 22.9 Å². The molecule has 0 heterocycles. The van der Waals surface area contributed by atoms with Crippen LogP contribution < -0.4 is 6.15 Å². The molecule has 7 nitrogen and oxygen atoms in total. The molecule has 0 aromatic heterocycles. The summed E-state index contributed by atoms with van der Waals surface area (Å²) in [5, 5.41) is -0.720. The molecule has 140 valence electrons. The molecule has 2 aromatic carbocycles. The number of halogens is 4. The highest BCUT2D eigenvalue weighted by Gasteiger charge is 2.54. The van der Waals surface area contributed by atoms with Crippen LogP contribution in [0.4, 0.5) is 17.6 Å². The molecule has 13 heteroatoms. The zero-order valence-corrected chi connectivity index (χ0v) is 14.0. The summed E-state index contributed by atoms with van der Waals surface area (Å²) >= 11 is 0. The molecule has 0 saturated heterocycles. The fourth-order valence-corrected chi connectivity index (χ4v) is 3.02. The van der Waals surface area contributed by atoms with Crippen LogP contribution in [0.5, 0.6) is 0 Å². The number of hydrogen-bond donors (Lipinski definition) is 5. The zero-order valence-electron chi connectivity index (χ0n) is 12.2. The van der Waals surface area contributed by atoms with Gasteiger partial charge >= 0.3 is 26.5 Å². The van der Waals surface area contributed by atoms with Gasteiger partial charge < -0.3 is 25.7 Å². The van der Waals surface area contributed by atoms with E-state index in [4.69, 9.17) is 19.6 Å². The van der Waals surface area contributed by atoms with Gasteiger partial charge in [-0.15, -0.1) is 0 Å². The molecule has 0 atom stereocenters. The van der Waals surface area contributed by atoms with Crippen LogP contribution in [0.1, 0.15) is 11.1 Å². The first-order valence-corrected chi connectivity index (χ1v) is 9.33. The minimum Gasteiger partial charge on any atom is -0.344 e. The van der Waals surface area contributed by atoms with Gasteiger partial charge in [-0.1, -0.05) is 24.3 Å². The van der Waals surface area contributed by atoms with Crippen LogP contribution in [0, 0.1) is 0 Å². The first-order chi connectivity index (χ1) is 10.7. The first kappa shape index (κ1) is 21.7. The highest BCUT2D eigenvalue weighted by Crippen LogP contribution is 2.63. The maximum atomic E-state index is 14.1. The van der Waals surface area contributed by atoms with Gasteiger partial charge in [0.2, 0.25) is 0 Å². The summed E-state index contributed by atoms with van der Waals surface area (Å²) in [5.41, 5.74) is -12.6. The molecule has 7 N–H and O–H groups in total. The van der Waals surface area contributed by atoms with E-state index in [1.807, 2.05) is 0 Å². The van der Waals surface area contributed by atoms with Crippen molar-refractivity contribution >= 4 is 26.0 Å². The SMILES string of the molecule is N.O=P(O)(O)C(F)(F)c1cc(C(F)(F)P(=O)(O)O)c2ccccc2c1. The van der Waals surface area contributed by atoms with Crippen molar-refractivity contribution in [2.45, 2.75) is 11.3 Å². The Morgan fingerprint density at radius 1 is 0.800 bits per heavy atom. The van der Waals surface area contributed by atoms with Gasteiger partial charge in [-0.25, -0.2) is 0 Å². The molecule has 0 saturated carbocycles. The smallest absolute Gasteiger partial charge is 0.344 e. The molecule has 25 heavy (non-hydrogen) atoms. The molecule has 0 radical (unpaired) electrons. The van der Waals surface area contributed by atoms with Gasteiger partial charge in [-0.3, -0.25) is 9.13 Å². The van der Waals surface area contributed by atoms with Crippen molar-refractivity contribution in [1.82, 2.24) is 6.15 Å². The van der Waals surface area contributed by atoms with Crippen molar-refractivity contribution in [3.8, 4) is 0 Å². The minimum absolute atomic E-state index is 0. The first-order valence-electron chi connectivity index (χ1n) is 6.10. The minimum atomic E-state index is -6.08. The molecule has 2 rings (SSSR count). The average molecular weight is 405 g/mol. The molecular weight excluding hydrogens is 392 g/mol. The highest BCUT2D eigenvalue weighted by atomic mass is 31.2. The number of rotatable bonds is 4. The lowest BCUT2D eigenvalue weighted by atomic mass is 10.0. The molecule has 0 aliphatic carbocycles. The maximum absolute atomic E-state index is 14.1. The van der Waals surface area contributed by atoms with E-state index in [1.54, 1.807) is 0 Å². The van der Waals surface area contributed by atoms with Crippen LogP contribution >= 0.6 is 15.2 Å². The molecular formula is C12H13F4NO6P2. The summed E-state index contributed by atoms with van der Waals surface area (Å²) in [6.45, 7) is 0. The van der Waals surface area contributed by atoms with Crippen molar-refractivity contribution in [2.75, 3.05) is 0 Å².